The van der Waals surface area contributed by atoms with Crippen LogP contribution in [0.1, 0.15) is 62.6 Å². The van der Waals surface area contributed by atoms with Crippen LogP contribution in [-0.2, 0) is 21.1 Å². The van der Waals surface area contributed by atoms with Gasteiger partial charge in [0.05, 0.1) is 28.7 Å². The van der Waals surface area contributed by atoms with E-state index in [4.69, 9.17) is 10.00 Å². The van der Waals surface area contributed by atoms with E-state index in [-0.39, 0.29) is 12.3 Å². The predicted octanol–water partition coefficient (Wildman–Crippen LogP) is 6.31. The largest absolute Gasteiger partial charge is 0.462 e. The summed E-state index contributed by atoms with van der Waals surface area (Å²) in [5, 5.41) is 19.7. The Labute approximate surface area is 240 Å². The summed E-state index contributed by atoms with van der Waals surface area (Å²) < 4.78 is 46.6. The molecule has 0 amide bonds. The van der Waals surface area contributed by atoms with Crippen LogP contribution in [0.5, 0.6) is 0 Å². The number of hydrogen-bond donors (Lipinski definition) is 0. The summed E-state index contributed by atoms with van der Waals surface area (Å²) in [4.78, 5) is 16.5. The summed E-state index contributed by atoms with van der Waals surface area (Å²) in [6, 6.07) is 17.3. The van der Waals surface area contributed by atoms with Gasteiger partial charge in [-0.05, 0) is 74.2 Å². The van der Waals surface area contributed by atoms with E-state index in [1.165, 1.54) is 13.0 Å². The Hall–Kier alpha value is -3.56. The van der Waals surface area contributed by atoms with Crippen LogP contribution in [0, 0.1) is 34.5 Å². The number of anilines is 1. The van der Waals surface area contributed by atoms with Gasteiger partial charge in [0.25, 0.3) is 0 Å². The monoisotopic (exact) mass is 566 g/mol. The third kappa shape index (κ3) is 7.21. The minimum absolute atomic E-state index is 0.168. The maximum Gasteiger partial charge on any atom is 0.416 e. The van der Waals surface area contributed by atoms with E-state index in [1.54, 1.807) is 6.07 Å². The zero-order chi connectivity index (χ0) is 29.6. The molecule has 0 aliphatic carbocycles. The van der Waals surface area contributed by atoms with Gasteiger partial charge >= 0.3 is 12.1 Å². The number of nitrogens with zero attached hydrogens (tertiary/aromatic N) is 4. The smallest absolute Gasteiger partial charge is 0.416 e. The predicted molar refractivity (Wildman–Crippen MR) is 150 cm³/mol. The van der Waals surface area contributed by atoms with Crippen molar-refractivity contribution in [2.45, 2.75) is 63.6 Å². The van der Waals surface area contributed by atoms with Gasteiger partial charge in [-0.1, -0.05) is 31.5 Å². The van der Waals surface area contributed by atoms with E-state index < -0.39 is 29.2 Å². The number of ether oxygens (including phenoxy) is 1. The topological polar surface area (TPSA) is 80.4 Å². The lowest BCUT2D eigenvalue weighted by atomic mass is 9.64. The van der Waals surface area contributed by atoms with Crippen molar-refractivity contribution in [2.75, 3.05) is 37.6 Å². The Kier molecular flexibility index (Phi) is 9.60. The summed E-state index contributed by atoms with van der Waals surface area (Å²) in [7, 11) is 0. The number of esters is 1. The van der Waals surface area contributed by atoms with E-state index in [2.05, 4.69) is 21.9 Å². The summed E-state index contributed by atoms with van der Waals surface area (Å²) in [6.45, 7) is 7.57. The van der Waals surface area contributed by atoms with Crippen molar-refractivity contribution in [3.63, 3.8) is 0 Å². The highest BCUT2D eigenvalue weighted by atomic mass is 19.4. The molecule has 0 radical (unpaired) electrons. The number of hydrogen-bond acceptors (Lipinski definition) is 6. The fourth-order valence-electron chi connectivity index (χ4n) is 6.43. The lowest BCUT2D eigenvalue weighted by Gasteiger charge is -2.46. The van der Waals surface area contributed by atoms with Crippen LogP contribution in [0.4, 0.5) is 18.9 Å². The lowest BCUT2D eigenvalue weighted by molar-refractivity contribution is -0.147. The number of halogens is 3. The van der Waals surface area contributed by atoms with Gasteiger partial charge < -0.3 is 14.5 Å². The lowest BCUT2D eigenvalue weighted by Crippen LogP contribution is -2.53. The van der Waals surface area contributed by atoms with Crippen molar-refractivity contribution in [3.05, 3.63) is 65.2 Å². The van der Waals surface area contributed by atoms with Gasteiger partial charge in [0.2, 0.25) is 0 Å². The number of rotatable bonds is 10. The molecule has 0 N–H and O–H groups in total. The molecule has 9 heteroatoms. The molecule has 2 saturated heterocycles. The molecule has 6 nitrogen and oxygen atoms in total. The Bertz CT molecular complexity index is 1270. The van der Waals surface area contributed by atoms with Crippen LogP contribution < -0.4 is 4.90 Å². The summed E-state index contributed by atoms with van der Waals surface area (Å²) in [6.07, 6.45) is -2.28. The maximum atomic E-state index is 13.7. The van der Waals surface area contributed by atoms with E-state index in [1.807, 2.05) is 31.2 Å². The molecule has 0 spiro atoms. The zero-order valence-electron chi connectivity index (χ0n) is 23.7. The molecule has 41 heavy (non-hydrogen) atoms. The molecule has 218 valence electrons. The molecule has 2 aliphatic rings. The molecule has 2 aliphatic heterocycles. The Morgan fingerprint density at radius 1 is 1.07 bits per heavy atom. The fraction of sp³-hybridized carbons (Fsp3) is 0.531. The van der Waals surface area contributed by atoms with Crippen molar-refractivity contribution < 1.29 is 22.7 Å². The van der Waals surface area contributed by atoms with Crippen LogP contribution in [0.2, 0.25) is 0 Å². The van der Waals surface area contributed by atoms with Crippen LogP contribution in [0.25, 0.3) is 0 Å². The van der Waals surface area contributed by atoms with E-state index >= 15 is 0 Å². The molecule has 2 aromatic rings. The SMILES string of the molecule is CCCC(CC(C#N)(c1cccc(C(F)(F)F)c1)C1CCN(CC2CN(c3ccc(C#N)cc3)C2)CC1)OC(C)=O. The first-order chi connectivity index (χ1) is 19.6. The van der Waals surface area contributed by atoms with Crippen LogP contribution in [-0.4, -0.2) is 49.7 Å². The minimum Gasteiger partial charge on any atom is -0.462 e. The molecule has 0 aromatic heterocycles. The quantitative estimate of drug-likeness (QED) is 0.314. The Morgan fingerprint density at radius 3 is 2.29 bits per heavy atom. The molecule has 2 aromatic carbocycles. The molecule has 2 heterocycles. The number of piperidine rings is 1. The summed E-state index contributed by atoms with van der Waals surface area (Å²) in [5.41, 5.74) is 0.113. The van der Waals surface area contributed by atoms with Crippen molar-refractivity contribution in [2.24, 2.45) is 11.8 Å². The molecule has 2 fully saturated rings. The molecular weight excluding hydrogens is 529 g/mol. The highest BCUT2D eigenvalue weighted by molar-refractivity contribution is 5.66. The van der Waals surface area contributed by atoms with Gasteiger partial charge in [0, 0.05) is 44.6 Å². The molecular formula is C32H37F3N4O2. The second-order valence-electron chi connectivity index (χ2n) is 11.4. The maximum absolute atomic E-state index is 13.7. The standard InChI is InChI=1S/C32H37F3N4O2/c1-3-5-30(41-23(2)40)17-31(22-37,27-6-4-7-28(16-27)32(33,34)35)26-12-14-38(15-13-26)19-25-20-39(21-25)29-10-8-24(18-36)9-11-29/h4,6-11,16,25-26,30H,3,5,12-15,17,19-21H2,1-2H3. The second kappa shape index (κ2) is 13.0. The second-order valence-corrected chi connectivity index (χ2v) is 11.4. The highest BCUT2D eigenvalue weighted by Crippen LogP contribution is 2.44. The van der Waals surface area contributed by atoms with Crippen molar-refractivity contribution >= 4 is 11.7 Å². The van der Waals surface area contributed by atoms with Gasteiger partial charge in [-0.3, -0.25) is 4.79 Å². The van der Waals surface area contributed by atoms with Gasteiger partial charge in [0.1, 0.15) is 6.10 Å². The average molecular weight is 567 g/mol. The molecule has 0 bridgehead atoms. The van der Waals surface area contributed by atoms with E-state index in [0.717, 1.165) is 57.0 Å². The number of alkyl halides is 3. The van der Waals surface area contributed by atoms with Gasteiger partial charge in [-0.15, -0.1) is 0 Å². The normalized spacial score (nSPS) is 19.0. The third-order valence-electron chi connectivity index (χ3n) is 8.52. The first-order valence-corrected chi connectivity index (χ1v) is 14.3. The first kappa shape index (κ1) is 30.4. The molecule has 2 unspecified atom stereocenters. The fourth-order valence-corrected chi connectivity index (χ4v) is 6.43. The number of benzene rings is 2. The van der Waals surface area contributed by atoms with Crippen molar-refractivity contribution in [1.82, 2.24) is 4.90 Å². The number of carbonyl (C=O) groups is 1. The van der Waals surface area contributed by atoms with Crippen molar-refractivity contribution in [3.8, 4) is 12.1 Å². The average Bonchev–Trinajstić information content (AvgIpc) is 2.93. The third-order valence-corrected chi connectivity index (χ3v) is 8.52. The first-order valence-electron chi connectivity index (χ1n) is 14.3. The van der Waals surface area contributed by atoms with E-state index in [9.17, 15) is 23.2 Å². The van der Waals surface area contributed by atoms with Gasteiger partial charge in [0.15, 0.2) is 0 Å². The number of likely N-dealkylation sites (tertiary alicyclic amines) is 1. The Morgan fingerprint density at radius 2 is 1.73 bits per heavy atom. The van der Waals surface area contributed by atoms with Crippen LogP contribution in [0.15, 0.2) is 48.5 Å². The van der Waals surface area contributed by atoms with Gasteiger partial charge in [-0.25, -0.2) is 0 Å². The molecule has 0 saturated carbocycles. The van der Waals surface area contributed by atoms with E-state index in [0.29, 0.717) is 36.3 Å². The summed E-state index contributed by atoms with van der Waals surface area (Å²) in [5.74, 6) is -0.118. The zero-order valence-corrected chi connectivity index (χ0v) is 23.7. The van der Waals surface area contributed by atoms with Crippen molar-refractivity contribution in [1.29, 1.82) is 10.5 Å². The molecule has 4 rings (SSSR count). The number of carbonyl (C=O) groups excluding carboxylic acids is 1. The van der Waals surface area contributed by atoms with Gasteiger partial charge in [-0.2, -0.15) is 23.7 Å². The Balaban J connectivity index is 1.46. The molecule has 2 atom stereocenters. The minimum atomic E-state index is -4.52. The highest BCUT2D eigenvalue weighted by Gasteiger charge is 2.46. The summed E-state index contributed by atoms with van der Waals surface area (Å²) >= 11 is 0. The van der Waals surface area contributed by atoms with Crippen LogP contribution >= 0.6 is 0 Å². The van der Waals surface area contributed by atoms with Crippen LogP contribution in [0.3, 0.4) is 0 Å². The number of nitriles is 2.